The van der Waals surface area contributed by atoms with Crippen LogP contribution in [0.3, 0.4) is 0 Å². The molecule has 0 bridgehead atoms. The van der Waals surface area contributed by atoms with E-state index in [1.165, 1.54) is 0 Å². The van der Waals surface area contributed by atoms with Crippen molar-refractivity contribution < 1.29 is 4.79 Å². The van der Waals surface area contributed by atoms with Gasteiger partial charge in [-0.05, 0) is 37.1 Å². The highest BCUT2D eigenvalue weighted by Gasteiger charge is 2.31. The Kier molecular flexibility index (Phi) is 4.00. The summed E-state index contributed by atoms with van der Waals surface area (Å²) >= 11 is 12.2. The van der Waals surface area contributed by atoms with E-state index in [4.69, 9.17) is 0 Å². The number of rotatable bonds is 3. The zero-order valence-corrected chi connectivity index (χ0v) is 15.3. The molecule has 0 radical (unpaired) electrons. The first-order valence-electron chi connectivity index (χ1n) is 5.85. The van der Waals surface area contributed by atoms with Crippen molar-refractivity contribution in [2.45, 2.75) is 12.8 Å². The molecule has 1 saturated carbocycles. The van der Waals surface area contributed by atoms with Gasteiger partial charge in [0.1, 0.15) is 0 Å². The molecule has 2 aromatic rings. The van der Waals surface area contributed by atoms with E-state index in [-0.39, 0.29) is 5.92 Å². The first kappa shape index (κ1) is 14.0. The maximum atomic E-state index is 12.1. The van der Waals surface area contributed by atoms with Crippen molar-refractivity contribution in [3.63, 3.8) is 0 Å². The lowest BCUT2D eigenvalue weighted by atomic mass is 10.2. The molecule has 1 fully saturated rings. The second kappa shape index (κ2) is 5.43. The number of carbonyl (C=O) groups excluding carboxylic acids is 1. The van der Waals surface area contributed by atoms with Gasteiger partial charge in [-0.15, -0.1) is 11.3 Å². The van der Waals surface area contributed by atoms with Gasteiger partial charge in [-0.2, -0.15) is 0 Å². The third-order valence-electron chi connectivity index (χ3n) is 3.05. The topological polar surface area (TPSA) is 17.1 Å². The minimum absolute atomic E-state index is 0.281. The fourth-order valence-corrected chi connectivity index (χ4v) is 5.98. The summed E-state index contributed by atoms with van der Waals surface area (Å²) in [4.78, 5) is 14.0. The molecular formula is C14H9Br3OS. The highest BCUT2D eigenvalue weighted by Crippen LogP contribution is 2.42. The Morgan fingerprint density at radius 2 is 1.74 bits per heavy atom. The number of benzene rings is 1. The van der Waals surface area contributed by atoms with Gasteiger partial charge in [-0.1, -0.05) is 47.8 Å². The van der Waals surface area contributed by atoms with Crippen LogP contribution in [0.4, 0.5) is 0 Å². The number of carbonyl (C=O) groups is 1. The van der Waals surface area contributed by atoms with Gasteiger partial charge in [0, 0.05) is 29.8 Å². The van der Waals surface area contributed by atoms with Crippen LogP contribution in [0.1, 0.15) is 22.5 Å². The van der Waals surface area contributed by atoms with Crippen LogP contribution in [0, 0.1) is 5.92 Å². The summed E-state index contributed by atoms with van der Waals surface area (Å²) in [7, 11) is 0. The molecule has 1 aliphatic rings. The number of ketones is 1. The number of thiophene rings is 1. The summed E-state index contributed by atoms with van der Waals surface area (Å²) in [6.07, 6.45) is 2.11. The Bertz CT molecular complexity index is 635. The third kappa shape index (κ3) is 2.89. The highest BCUT2D eigenvalue weighted by molar-refractivity contribution is 9.11. The van der Waals surface area contributed by atoms with Crippen LogP contribution in [0.2, 0.25) is 0 Å². The smallest absolute Gasteiger partial charge is 0.175 e. The summed E-state index contributed by atoms with van der Waals surface area (Å²) in [6.45, 7) is 0. The Morgan fingerprint density at radius 3 is 2.32 bits per heavy atom. The Morgan fingerprint density at radius 1 is 1.11 bits per heavy atom. The largest absolute Gasteiger partial charge is 0.293 e. The van der Waals surface area contributed by atoms with E-state index in [9.17, 15) is 4.79 Å². The summed E-state index contributed by atoms with van der Waals surface area (Å²) in [5, 5.41) is 0. The lowest BCUT2D eigenvalue weighted by Crippen LogP contribution is -1.96. The summed E-state index contributed by atoms with van der Waals surface area (Å²) in [5.74, 6) is 0.587. The third-order valence-corrected chi connectivity index (χ3v) is 5.88. The fraction of sp³-hybridized carbons (Fsp3) is 0.214. The van der Waals surface area contributed by atoms with E-state index < -0.39 is 0 Å². The molecule has 1 aromatic heterocycles. The first-order valence-corrected chi connectivity index (χ1v) is 9.05. The van der Waals surface area contributed by atoms with Gasteiger partial charge in [0.15, 0.2) is 5.78 Å². The standard InChI is InChI=1S/C14H9Br3OS/c15-8-5-9(16)13(10(17)6-8)11-3-4-12(19-11)14(18)7-1-2-7/h3-7H,1-2H2. The average Bonchev–Trinajstić information content (AvgIpc) is 3.07. The van der Waals surface area contributed by atoms with Gasteiger partial charge in [-0.3, -0.25) is 4.79 Å². The van der Waals surface area contributed by atoms with Crippen LogP contribution >= 0.6 is 59.1 Å². The molecule has 1 heterocycles. The minimum Gasteiger partial charge on any atom is -0.293 e. The zero-order valence-electron chi connectivity index (χ0n) is 9.75. The van der Waals surface area contributed by atoms with Crippen molar-refractivity contribution in [3.8, 4) is 10.4 Å². The van der Waals surface area contributed by atoms with Crippen molar-refractivity contribution >= 4 is 64.9 Å². The predicted molar refractivity (Wildman–Crippen MR) is 89.9 cm³/mol. The normalized spacial score (nSPS) is 14.7. The van der Waals surface area contributed by atoms with Gasteiger partial charge in [0.25, 0.3) is 0 Å². The minimum atomic E-state index is 0.281. The maximum absolute atomic E-state index is 12.1. The van der Waals surface area contributed by atoms with Crippen LogP contribution in [0.25, 0.3) is 10.4 Å². The monoisotopic (exact) mass is 462 g/mol. The zero-order chi connectivity index (χ0) is 13.6. The van der Waals surface area contributed by atoms with E-state index in [0.717, 1.165) is 41.6 Å². The van der Waals surface area contributed by atoms with Crippen LogP contribution in [-0.4, -0.2) is 5.78 Å². The Hall–Kier alpha value is 0.0300. The van der Waals surface area contributed by atoms with Gasteiger partial charge in [-0.25, -0.2) is 0 Å². The van der Waals surface area contributed by atoms with Gasteiger partial charge >= 0.3 is 0 Å². The molecule has 5 heteroatoms. The van der Waals surface area contributed by atoms with Crippen molar-refractivity contribution in [2.24, 2.45) is 5.92 Å². The maximum Gasteiger partial charge on any atom is 0.175 e. The number of halogens is 3. The second-order valence-corrected chi connectivity index (χ2v) is 8.25. The molecule has 3 rings (SSSR count). The summed E-state index contributed by atoms with van der Waals surface area (Å²) in [5.41, 5.74) is 1.10. The molecule has 1 aliphatic carbocycles. The van der Waals surface area contributed by atoms with E-state index in [1.54, 1.807) is 11.3 Å². The van der Waals surface area contributed by atoms with Gasteiger partial charge < -0.3 is 0 Å². The van der Waals surface area contributed by atoms with Crippen LogP contribution in [-0.2, 0) is 0 Å². The van der Waals surface area contributed by atoms with Crippen molar-refractivity contribution in [3.05, 3.63) is 42.6 Å². The lowest BCUT2D eigenvalue weighted by Gasteiger charge is -2.06. The fourth-order valence-electron chi connectivity index (χ4n) is 1.93. The van der Waals surface area contributed by atoms with E-state index in [1.807, 2.05) is 24.3 Å². The molecule has 19 heavy (non-hydrogen) atoms. The molecule has 0 atom stereocenters. The molecule has 0 aliphatic heterocycles. The highest BCUT2D eigenvalue weighted by atomic mass is 79.9. The average molecular weight is 465 g/mol. The first-order chi connectivity index (χ1) is 9.06. The molecule has 98 valence electrons. The van der Waals surface area contributed by atoms with Gasteiger partial charge in [0.2, 0.25) is 0 Å². The Balaban J connectivity index is 2.01. The molecule has 0 unspecified atom stereocenters. The van der Waals surface area contributed by atoms with Crippen molar-refractivity contribution in [1.82, 2.24) is 0 Å². The molecule has 0 N–H and O–H groups in total. The Labute approximate surface area is 140 Å². The van der Waals surface area contributed by atoms with E-state index in [0.29, 0.717) is 5.78 Å². The van der Waals surface area contributed by atoms with E-state index >= 15 is 0 Å². The lowest BCUT2D eigenvalue weighted by molar-refractivity contribution is 0.0971. The van der Waals surface area contributed by atoms with Crippen LogP contribution in [0.15, 0.2) is 37.7 Å². The summed E-state index contributed by atoms with van der Waals surface area (Å²) < 4.78 is 3.04. The SMILES string of the molecule is O=C(c1ccc(-c2c(Br)cc(Br)cc2Br)s1)C1CC1. The second-order valence-electron chi connectivity index (χ2n) is 4.55. The van der Waals surface area contributed by atoms with Crippen molar-refractivity contribution in [2.75, 3.05) is 0 Å². The van der Waals surface area contributed by atoms with E-state index in [2.05, 4.69) is 47.8 Å². The molecule has 0 amide bonds. The van der Waals surface area contributed by atoms with Crippen molar-refractivity contribution in [1.29, 1.82) is 0 Å². The quantitative estimate of drug-likeness (QED) is 0.487. The molecule has 1 nitrogen and oxygen atoms in total. The number of Topliss-reactive ketones (excluding diaryl/α,β-unsaturated/α-hetero) is 1. The van der Waals surface area contributed by atoms with Crippen LogP contribution < -0.4 is 0 Å². The predicted octanol–water partition coefficient (Wildman–Crippen LogP) is 6.30. The molecular weight excluding hydrogens is 456 g/mol. The summed E-state index contributed by atoms with van der Waals surface area (Å²) in [6, 6.07) is 8.00. The molecule has 1 aromatic carbocycles. The van der Waals surface area contributed by atoms with Gasteiger partial charge in [0.05, 0.1) is 4.88 Å². The number of hydrogen-bond acceptors (Lipinski definition) is 2. The van der Waals surface area contributed by atoms with Crippen LogP contribution in [0.5, 0.6) is 0 Å². The molecule has 0 spiro atoms. The molecule has 0 saturated heterocycles. The number of hydrogen-bond donors (Lipinski definition) is 0.